The lowest BCUT2D eigenvalue weighted by Gasteiger charge is -2.31. The molecule has 8 nitrogen and oxygen atoms in total. The Labute approximate surface area is 135 Å². The van der Waals surface area contributed by atoms with Crippen molar-refractivity contribution in [3.63, 3.8) is 0 Å². The zero-order chi connectivity index (χ0) is 18.4. The van der Waals surface area contributed by atoms with E-state index in [9.17, 15) is 24.3 Å². The molecule has 0 aliphatic rings. The van der Waals surface area contributed by atoms with E-state index in [1.807, 2.05) is 0 Å². The molecule has 0 atom stereocenters. The summed E-state index contributed by atoms with van der Waals surface area (Å²) in [5.41, 5.74) is 0. The van der Waals surface area contributed by atoms with Crippen LogP contribution in [0.3, 0.4) is 0 Å². The normalized spacial score (nSPS) is 11.5. The molecule has 0 heterocycles. The minimum atomic E-state index is -2.68. The Morgan fingerprint density at radius 2 is 0.957 bits per heavy atom. The van der Waals surface area contributed by atoms with E-state index in [0.717, 1.165) is 0 Å². The number of esters is 3. The van der Waals surface area contributed by atoms with Gasteiger partial charge < -0.3 is 14.2 Å². The molecule has 23 heavy (non-hydrogen) atoms. The highest BCUT2D eigenvalue weighted by atomic mass is 16.9. The Morgan fingerprint density at radius 3 is 1.13 bits per heavy atom. The number of carbonyl (C=O) groups excluding carboxylic acids is 4. The van der Waals surface area contributed by atoms with Gasteiger partial charge in [-0.25, -0.2) is 9.90 Å². The number of hydrogen-bond donors (Lipinski definition) is 0. The highest BCUT2D eigenvalue weighted by Crippen LogP contribution is 2.25. The van der Waals surface area contributed by atoms with Crippen molar-refractivity contribution in [3.05, 3.63) is 0 Å². The fourth-order valence-electron chi connectivity index (χ4n) is 1.16. The fraction of sp³-hybridized carbons (Fsp3) is 0.733. The van der Waals surface area contributed by atoms with E-state index in [1.54, 1.807) is 0 Å². The molecular weight excluding hydrogens is 308 g/mol. The van der Waals surface area contributed by atoms with Gasteiger partial charge in [-0.15, -0.1) is 0 Å². The van der Waals surface area contributed by atoms with Crippen LogP contribution in [-0.2, 0) is 38.5 Å². The molecule has 0 aliphatic heterocycles. The maximum absolute atomic E-state index is 11.8. The van der Waals surface area contributed by atoms with Crippen LogP contribution in [0, 0.1) is 17.8 Å². The van der Waals surface area contributed by atoms with Gasteiger partial charge in [-0.1, -0.05) is 41.5 Å². The summed E-state index contributed by atoms with van der Waals surface area (Å²) >= 11 is 0. The summed E-state index contributed by atoms with van der Waals surface area (Å²) in [7, 11) is 0. The molecule has 0 unspecified atom stereocenters. The average Bonchev–Trinajstić information content (AvgIpc) is 2.36. The van der Waals surface area contributed by atoms with Crippen LogP contribution >= 0.6 is 0 Å². The standard InChI is InChI=1S/C15H23O8/c1-8(2)12(18)21-15(7-11(16)17,22-13(19)9(3)4)23-14(20)10(5)6/h8-10H,7H2,1-6H3. The Hall–Kier alpha value is -2.12. The van der Waals surface area contributed by atoms with Crippen LogP contribution in [-0.4, -0.2) is 29.9 Å². The van der Waals surface area contributed by atoms with Crippen molar-refractivity contribution in [2.75, 3.05) is 0 Å². The fourth-order valence-corrected chi connectivity index (χ4v) is 1.16. The maximum atomic E-state index is 11.8. The largest absolute Gasteiger partial charge is 0.434 e. The monoisotopic (exact) mass is 331 g/mol. The van der Waals surface area contributed by atoms with Gasteiger partial charge in [-0.05, 0) is 0 Å². The van der Waals surface area contributed by atoms with Crippen molar-refractivity contribution >= 4 is 23.9 Å². The third-order valence-corrected chi connectivity index (χ3v) is 2.54. The summed E-state index contributed by atoms with van der Waals surface area (Å²) in [6, 6.07) is 0. The molecule has 0 fully saturated rings. The van der Waals surface area contributed by atoms with E-state index < -0.39 is 54.0 Å². The molecule has 0 rings (SSSR count). The number of rotatable bonds is 8. The molecule has 1 radical (unpaired) electrons. The Bertz CT molecular complexity index is 409. The first-order valence-corrected chi connectivity index (χ1v) is 7.28. The van der Waals surface area contributed by atoms with E-state index in [4.69, 9.17) is 14.2 Å². The van der Waals surface area contributed by atoms with Crippen molar-refractivity contribution < 1.29 is 38.5 Å². The lowest BCUT2D eigenvalue weighted by Crippen LogP contribution is -2.48. The van der Waals surface area contributed by atoms with E-state index in [0.29, 0.717) is 0 Å². The van der Waals surface area contributed by atoms with Crippen LogP contribution in [0.15, 0.2) is 0 Å². The maximum Gasteiger partial charge on any atom is 0.434 e. The van der Waals surface area contributed by atoms with Gasteiger partial charge in [-0.2, -0.15) is 0 Å². The Balaban J connectivity index is 5.68. The van der Waals surface area contributed by atoms with Crippen molar-refractivity contribution in [1.82, 2.24) is 0 Å². The first kappa shape index (κ1) is 20.9. The minimum absolute atomic E-state index is 0.661. The smallest absolute Gasteiger partial charge is 0.387 e. The van der Waals surface area contributed by atoms with Gasteiger partial charge >= 0.3 is 29.9 Å². The van der Waals surface area contributed by atoms with Gasteiger partial charge in [-0.3, -0.25) is 14.4 Å². The summed E-state index contributed by atoms with van der Waals surface area (Å²) < 4.78 is 14.7. The van der Waals surface area contributed by atoms with Gasteiger partial charge in [0.05, 0.1) is 17.8 Å². The first-order valence-electron chi connectivity index (χ1n) is 7.28. The van der Waals surface area contributed by atoms with Crippen LogP contribution < -0.4 is 0 Å². The molecule has 0 N–H and O–H groups in total. The van der Waals surface area contributed by atoms with Gasteiger partial charge in [0.15, 0.2) is 6.42 Å². The molecule has 0 bridgehead atoms. The predicted molar refractivity (Wildman–Crippen MR) is 75.8 cm³/mol. The molecule has 8 heteroatoms. The second kappa shape index (κ2) is 8.50. The third kappa shape index (κ3) is 7.12. The summed E-state index contributed by atoms with van der Waals surface area (Å²) in [5, 5.41) is 11.0. The zero-order valence-electron chi connectivity index (χ0n) is 14.2. The van der Waals surface area contributed by atoms with Crippen LogP contribution in [0.2, 0.25) is 0 Å². The second-order valence-electron chi connectivity index (χ2n) is 5.96. The molecule has 0 saturated carbocycles. The molecule has 0 aromatic rings. The summed E-state index contributed by atoms with van der Waals surface area (Å²) in [4.78, 5) is 46.5. The number of ether oxygens (including phenoxy) is 3. The highest BCUT2D eigenvalue weighted by molar-refractivity contribution is 5.78. The minimum Gasteiger partial charge on any atom is -0.387 e. The van der Waals surface area contributed by atoms with Crippen molar-refractivity contribution in [1.29, 1.82) is 0 Å². The third-order valence-electron chi connectivity index (χ3n) is 2.54. The molecule has 0 amide bonds. The molecule has 131 valence electrons. The highest BCUT2D eigenvalue weighted by Gasteiger charge is 2.47. The number of hydrogen-bond acceptors (Lipinski definition) is 7. The second-order valence-corrected chi connectivity index (χ2v) is 5.96. The lowest BCUT2D eigenvalue weighted by molar-refractivity contribution is -0.333. The summed E-state index contributed by atoms with van der Waals surface area (Å²) in [6.45, 7) is 8.92. The topological polar surface area (TPSA) is 116 Å². The van der Waals surface area contributed by atoms with Crippen LogP contribution in [0.25, 0.3) is 0 Å². The van der Waals surface area contributed by atoms with E-state index >= 15 is 0 Å². The van der Waals surface area contributed by atoms with Gasteiger partial charge in [0.1, 0.15) is 0 Å². The predicted octanol–water partition coefficient (Wildman–Crippen LogP) is 1.58. The van der Waals surface area contributed by atoms with Gasteiger partial charge in [0.2, 0.25) is 0 Å². The van der Waals surface area contributed by atoms with Crippen LogP contribution in [0.1, 0.15) is 48.0 Å². The zero-order valence-corrected chi connectivity index (χ0v) is 14.2. The summed E-state index contributed by atoms with van der Waals surface area (Å²) in [5.74, 6) is -9.04. The molecule has 0 aromatic carbocycles. The lowest BCUT2D eigenvalue weighted by atomic mass is 10.2. The average molecular weight is 331 g/mol. The van der Waals surface area contributed by atoms with E-state index in [1.165, 1.54) is 41.5 Å². The SMILES string of the molecule is CC(C)C(=O)OC(CC([O])=O)(OC(=O)C(C)C)OC(=O)C(C)C. The van der Waals surface area contributed by atoms with Gasteiger partial charge in [0, 0.05) is 0 Å². The quantitative estimate of drug-likeness (QED) is 0.489. The Kier molecular flexibility index (Phi) is 7.71. The van der Waals surface area contributed by atoms with E-state index in [2.05, 4.69) is 0 Å². The van der Waals surface area contributed by atoms with E-state index in [-0.39, 0.29) is 0 Å². The Morgan fingerprint density at radius 1 is 0.696 bits per heavy atom. The van der Waals surface area contributed by atoms with Crippen molar-refractivity contribution in [2.45, 2.75) is 53.9 Å². The van der Waals surface area contributed by atoms with Crippen molar-refractivity contribution in [2.24, 2.45) is 17.8 Å². The van der Waals surface area contributed by atoms with Gasteiger partial charge in [0.25, 0.3) is 0 Å². The van der Waals surface area contributed by atoms with Crippen LogP contribution in [0.5, 0.6) is 0 Å². The van der Waals surface area contributed by atoms with Crippen LogP contribution in [0.4, 0.5) is 0 Å². The van der Waals surface area contributed by atoms with Crippen molar-refractivity contribution in [3.8, 4) is 0 Å². The first-order chi connectivity index (χ1) is 10.4. The molecule has 0 aliphatic carbocycles. The molecule has 0 saturated heterocycles. The molecule has 0 spiro atoms. The number of carbonyl (C=O) groups is 4. The molecule has 0 aromatic heterocycles. The summed E-state index contributed by atoms with van der Waals surface area (Å²) in [6.07, 6.45) is -1.12. The molecular formula is C15H23O8.